The highest BCUT2D eigenvalue weighted by molar-refractivity contribution is 9.10. The van der Waals surface area contributed by atoms with Crippen LogP contribution in [0.5, 0.6) is 0 Å². The summed E-state index contributed by atoms with van der Waals surface area (Å²) in [6.45, 7) is 2.90. The van der Waals surface area contributed by atoms with E-state index in [1.54, 1.807) is 12.1 Å². The zero-order valence-electron chi connectivity index (χ0n) is 10.1. The van der Waals surface area contributed by atoms with Crippen LogP contribution in [0.25, 0.3) is 0 Å². The van der Waals surface area contributed by atoms with Crippen LogP contribution < -0.4 is 5.32 Å². The number of hydrogen-bond donors (Lipinski definition) is 1. The molecule has 5 heteroatoms. The van der Waals surface area contributed by atoms with Crippen molar-refractivity contribution in [3.63, 3.8) is 0 Å². The molecule has 1 aliphatic rings. The van der Waals surface area contributed by atoms with Gasteiger partial charge in [-0.3, -0.25) is 4.79 Å². The fourth-order valence-corrected chi connectivity index (χ4v) is 3.82. The molecule has 1 fully saturated rings. The van der Waals surface area contributed by atoms with Crippen LogP contribution in [-0.2, 0) is 0 Å². The lowest BCUT2D eigenvalue weighted by Crippen LogP contribution is -2.36. The van der Waals surface area contributed by atoms with Gasteiger partial charge in [0.05, 0.1) is 10.6 Å². The highest BCUT2D eigenvalue weighted by atomic mass is 79.9. The van der Waals surface area contributed by atoms with Crippen molar-refractivity contribution in [2.24, 2.45) is 0 Å². The predicted octanol–water partition coefficient (Wildman–Crippen LogP) is 4.12. The number of nitrogens with one attached hydrogen (secondary N) is 1. The average molecular weight is 349 g/mol. The molecule has 2 nitrogen and oxygen atoms in total. The lowest BCUT2D eigenvalue weighted by atomic mass is 10.1. The molecule has 1 N–H and O–H groups in total. The molecule has 18 heavy (non-hydrogen) atoms. The summed E-state index contributed by atoms with van der Waals surface area (Å²) in [5.41, 5.74) is 0.526. The zero-order valence-corrected chi connectivity index (χ0v) is 13.3. The lowest BCUT2D eigenvalue weighted by Gasteiger charge is -2.23. The minimum Gasteiger partial charge on any atom is -0.351 e. The Morgan fingerprint density at radius 1 is 1.61 bits per heavy atom. The summed E-state index contributed by atoms with van der Waals surface area (Å²) in [6, 6.07) is 5.31. The molecule has 1 atom stereocenters. The molecule has 1 aromatic rings. The molecule has 0 spiro atoms. The molecule has 0 aromatic heterocycles. The number of carbonyl (C=O) groups excluding carboxylic acids is 1. The van der Waals surface area contributed by atoms with Crippen LogP contribution in [0.1, 0.15) is 30.1 Å². The normalized spacial score (nSPS) is 23.1. The topological polar surface area (TPSA) is 29.1 Å². The van der Waals surface area contributed by atoms with Crippen LogP contribution in [0, 0.1) is 0 Å². The van der Waals surface area contributed by atoms with E-state index in [1.807, 2.05) is 17.8 Å². The quantitative estimate of drug-likeness (QED) is 0.890. The first-order valence-corrected chi connectivity index (χ1v) is 8.03. The van der Waals surface area contributed by atoms with Gasteiger partial charge in [0.25, 0.3) is 5.91 Å². The fraction of sp³-hybridized carbons (Fsp3) is 0.462. The predicted molar refractivity (Wildman–Crippen MR) is 81.6 cm³/mol. The van der Waals surface area contributed by atoms with Crippen LogP contribution >= 0.6 is 39.3 Å². The average Bonchev–Trinajstić information content (AvgIpc) is 2.77. The van der Waals surface area contributed by atoms with Crippen molar-refractivity contribution >= 4 is 45.2 Å². The number of carbonyl (C=O) groups is 1. The maximum Gasteiger partial charge on any atom is 0.252 e. The van der Waals surface area contributed by atoms with Gasteiger partial charge in [0.15, 0.2) is 0 Å². The molecule has 1 aliphatic heterocycles. The maximum absolute atomic E-state index is 12.1. The van der Waals surface area contributed by atoms with E-state index in [0.29, 0.717) is 17.1 Å². The standard InChI is InChI=1S/C13H15BrClNOS/c1-13(5-2-6-18-13)8-16-12(17)10-7-9(14)3-4-11(10)15/h3-4,7H,2,5-6,8H2,1H3,(H,16,17). The minimum atomic E-state index is -0.102. The fourth-order valence-electron chi connectivity index (χ4n) is 2.01. The largest absolute Gasteiger partial charge is 0.351 e. The monoisotopic (exact) mass is 347 g/mol. The molecule has 98 valence electrons. The third-order valence-corrected chi connectivity index (χ3v) is 5.46. The Hall–Kier alpha value is -0.190. The van der Waals surface area contributed by atoms with Crippen LogP contribution in [-0.4, -0.2) is 23.0 Å². The molecule has 1 saturated heterocycles. The van der Waals surface area contributed by atoms with E-state index in [2.05, 4.69) is 28.2 Å². The Morgan fingerprint density at radius 2 is 2.39 bits per heavy atom. The van der Waals surface area contributed by atoms with E-state index < -0.39 is 0 Å². The Balaban J connectivity index is 2.01. The first-order valence-electron chi connectivity index (χ1n) is 5.87. The number of thioether (sulfide) groups is 1. The minimum absolute atomic E-state index is 0.102. The van der Waals surface area contributed by atoms with E-state index >= 15 is 0 Å². The number of rotatable bonds is 3. The van der Waals surface area contributed by atoms with Gasteiger partial charge in [-0.2, -0.15) is 11.8 Å². The Labute approximate surface area is 125 Å². The van der Waals surface area contributed by atoms with Crippen molar-refractivity contribution in [1.82, 2.24) is 5.32 Å². The van der Waals surface area contributed by atoms with Gasteiger partial charge < -0.3 is 5.32 Å². The van der Waals surface area contributed by atoms with Gasteiger partial charge in [-0.25, -0.2) is 0 Å². The van der Waals surface area contributed by atoms with Crippen LogP contribution in [0.3, 0.4) is 0 Å². The van der Waals surface area contributed by atoms with Gasteiger partial charge in [0, 0.05) is 15.8 Å². The third-order valence-electron chi connectivity index (χ3n) is 3.10. The van der Waals surface area contributed by atoms with E-state index in [-0.39, 0.29) is 10.7 Å². The van der Waals surface area contributed by atoms with Gasteiger partial charge >= 0.3 is 0 Å². The lowest BCUT2D eigenvalue weighted by molar-refractivity contribution is 0.0950. The van der Waals surface area contributed by atoms with Crippen LogP contribution in [0.4, 0.5) is 0 Å². The van der Waals surface area contributed by atoms with E-state index in [9.17, 15) is 4.79 Å². The second kappa shape index (κ2) is 5.85. The smallest absolute Gasteiger partial charge is 0.252 e. The molecule has 0 bridgehead atoms. The number of halogens is 2. The Morgan fingerprint density at radius 3 is 3.06 bits per heavy atom. The highest BCUT2D eigenvalue weighted by Crippen LogP contribution is 2.37. The molecule has 1 heterocycles. The summed E-state index contributed by atoms with van der Waals surface area (Å²) in [4.78, 5) is 12.1. The summed E-state index contributed by atoms with van der Waals surface area (Å²) >= 11 is 11.3. The van der Waals surface area contributed by atoms with E-state index in [4.69, 9.17) is 11.6 Å². The molecule has 0 aliphatic carbocycles. The van der Waals surface area contributed by atoms with Crippen molar-refractivity contribution < 1.29 is 4.79 Å². The summed E-state index contributed by atoms with van der Waals surface area (Å²) in [5.74, 6) is 1.08. The van der Waals surface area contributed by atoms with Crippen molar-refractivity contribution in [1.29, 1.82) is 0 Å². The number of hydrogen-bond acceptors (Lipinski definition) is 2. The van der Waals surface area contributed by atoms with Crippen molar-refractivity contribution in [3.8, 4) is 0 Å². The molecular formula is C13H15BrClNOS. The first kappa shape index (κ1) is 14.2. The summed E-state index contributed by atoms with van der Waals surface area (Å²) in [7, 11) is 0. The van der Waals surface area contributed by atoms with Gasteiger partial charge in [0.2, 0.25) is 0 Å². The van der Waals surface area contributed by atoms with Gasteiger partial charge in [-0.1, -0.05) is 27.5 Å². The molecule has 0 saturated carbocycles. The summed E-state index contributed by atoms with van der Waals surface area (Å²) < 4.78 is 1.03. The van der Waals surface area contributed by atoms with Crippen molar-refractivity contribution in [2.45, 2.75) is 24.5 Å². The second-order valence-corrected chi connectivity index (χ2v) is 7.71. The van der Waals surface area contributed by atoms with Crippen LogP contribution in [0.2, 0.25) is 5.02 Å². The third kappa shape index (κ3) is 3.43. The van der Waals surface area contributed by atoms with Crippen molar-refractivity contribution in [2.75, 3.05) is 12.3 Å². The number of amides is 1. The number of benzene rings is 1. The highest BCUT2D eigenvalue weighted by Gasteiger charge is 2.30. The molecule has 1 aromatic carbocycles. The van der Waals surface area contributed by atoms with Gasteiger partial charge in [-0.05, 0) is 43.7 Å². The van der Waals surface area contributed by atoms with E-state index in [0.717, 1.165) is 10.9 Å². The summed E-state index contributed by atoms with van der Waals surface area (Å²) in [6.07, 6.45) is 2.39. The molecule has 0 radical (unpaired) electrons. The summed E-state index contributed by atoms with van der Waals surface area (Å²) in [5, 5.41) is 3.47. The van der Waals surface area contributed by atoms with Gasteiger partial charge in [-0.15, -0.1) is 0 Å². The molecular weight excluding hydrogens is 334 g/mol. The van der Waals surface area contributed by atoms with E-state index in [1.165, 1.54) is 12.2 Å². The first-order chi connectivity index (χ1) is 8.50. The van der Waals surface area contributed by atoms with Crippen LogP contribution in [0.15, 0.2) is 22.7 Å². The van der Waals surface area contributed by atoms with Gasteiger partial charge in [0.1, 0.15) is 0 Å². The van der Waals surface area contributed by atoms with Crippen molar-refractivity contribution in [3.05, 3.63) is 33.3 Å². The molecule has 1 unspecified atom stereocenters. The Kier molecular flexibility index (Phi) is 4.62. The Bertz CT molecular complexity index is 460. The molecule has 1 amide bonds. The SMILES string of the molecule is CC1(CNC(=O)c2cc(Br)ccc2Cl)CCCS1. The molecule has 2 rings (SSSR count). The maximum atomic E-state index is 12.1. The zero-order chi connectivity index (χ0) is 13.2. The second-order valence-electron chi connectivity index (χ2n) is 4.71.